The van der Waals surface area contributed by atoms with Crippen molar-refractivity contribution in [1.29, 1.82) is 0 Å². The first kappa shape index (κ1) is 15.7. The molecule has 2 N–H and O–H groups in total. The Morgan fingerprint density at radius 1 is 1.06 bits per heavy atom. The van der Waals surface area contributed by atoms with Crippen LogP contribution in [0.1, 0.15) is 25.5 Å². The molecule has 1 aliphatic rings. The molecule has 0 aromatic heterocycles. The van der Waals surface area contributed by atoms with Crippen molar-refractivity contribution in [3.8, 4) is 0 Å². The van der Waals surface area contributed by atoms with E-state index >= 15 is 0 Å². The zero-order valence-corrected chi connectivity index (χ0v) is 11.3. The highest BCUT2D eigenvalue weighted by Gasteiger charge is 2.32. The summed E-state index contributed by atoms with van der Waals surface area (Å²) in [5.41, 5.74) is 1.50. The van der Waals surface area contributed by atoms with E-state index < -0.39 is 0 Å². The van der Waals surface area contributed by atoms with Gasteiger partial charge in [0.1, 0.15) is 0 Å². The summed E-state index contributed by atoms with van der Waals surface area (Å²) < 4.78 is 0. The van der Waals surface area contributed by atoms with Gasteiger partial charge in [-0.1, -0.05) is 30.3 Å². The molecule has 1 aromatic carbocycles. The van der Waals surface area contributed by atoms with E-state index in [-0.39, 0.29) is 30.4 Å². The van der Waals surface area contributed by atoms with Gasteiger partial charge in [-0.05, 0) is 19.4 Å². The fourth-order valence-electron chi connectivity index (χ4n) is 2.14. The SMILES string of the molecule is CC1(C)NCCNC1c1ccccc1.Cl.Cl. The predicted molar refractivity (Wildman–Crippen MR) is 73.8 cm³/mol. The molecule has 1 heterocycles. The third-order valence-electron chi connectivity index (χ3n) is 2.91. The molecule has 0 saturated carbocycles. The molecule has 1 fully saturated rings. The fraction of sp³-hybridized carbons (Fsp3) is 0.500. The first-order valence-electron chi connectivity index (χ1n) is 5.23. The highest BCUT2D eigenvalue weighted by Crippen LogP contribution is 2.26. The number of piperazine rings is 1. The molecule has 2 nitrogen and oxygen atoms in total. The van der Waals surface area contributed by atoms with Gasteiger partial charge in [-0.15, -0.1) is 24.8 Å². The molecule has 4 heteroatoms. The van der Waals surface area contributed by atoms with Crippen molar-refractivity contribution in [2.45, 2.75) is 25.4 Å². The average Bonchev–Trinajstić information content (AvgIpc) is 2.18. The number of hydrogen-bond donors (Lipinski definition) is 2. The van der Waals surface area contributed by atoms with Crippen LogP contribution in [0.2, 0.25) is 0 Å². The lowest BCUT2D eigenvalue weighted by atomic mass is 9.87. The van der Waals surface area contributed by atoms with E-state index in [9.17, 15) is 0 Å². The van der Waals surface area contributed by atoms with Crippen molar-refractivity contribution in [2.24, 2.45) is 0 Å². The van der Waals surface area contributed by atoms with Gasteiger partial charge in [0.05, 0.1) is 0 Å². The fourth-order valence-corrected chi connectivity index (χ4v) is 2.14. The first-order chi connectivity index (χ1) is 6.70. The molecule has 1 aliphatic heterocycles. The van der Waals surface area contributed by atoms with Crippen LogP contribution in [0.5, 0.6) is 0 Å². The minimum atomic E-state index is 0. The van der Waals surface area contributed by atoms with Gasteiger partial charge in [0.15, 0.2) is 0 Å². The van der Waals surface area contributed by atoms with Crippen molar-refractivity contribution in [3.05, 3.63) is 35.9 Å². The minimum Gasteiger partial charge on any atom is -0.309 e. The smallest absolute Gasteiger partial charge is 0.0500 e. The van der Waals surface area contributed by atoms with Gasteiger partial charge in [-0.25, -0.2) is 0 Å². The molecule has 2 rings (SSSR count). The van der Waals surface area contributed by atoms with E-state index in [0.717, 1.165) is 13.1 Å². The van der Waals surface area contributed by atoms with Gasteiger partial charge < -0.3 is 10.6 Å². The number of halogens is 2. The lowest BCUT2D eigenvalue weighted by Crippen LogP contribution is -2.57. The Labute approximate surface area is 110 Å². The zero-order chi connectivity index (χ0) is 10.0. The molecule has 0 aliphatic carbocycles. The predicted octanol–water partition coefficient (Wildman–Crippen LogP) is 2.54. The highest BCUT2D eigenvalue weighted by atomic mass is 35.5. The molecule has 1 atom stereocenters. The van der Waals surface area contributed by atoms with Gasteiger partial charge in [0.2, 0.25) is 0 Å². The summed E-state index contributed by atoms with van der Waals surface area (Å²) in [5.74, 6) is 0. The summed E-state index contributed by atoms with van der Waals surface area (Å²) in [6, 6.07) is 11.0. The van der Waals surface area contributed by atoms with Gasteiger partial charge in [0.25, 0.3) is 0 Å². The Hall–Kier alpha value is -0.280. The molecule has 92 valence electrons. The highest BCUT2D eigenvalue weighted by molar-refractivity contribution is 5.85. The third kappa shape index (κ3) is 3.36. The molecule has 0 bridgehead atoms. The maximum absolute atomic E-state index is 3.56. The topological polar surface area (TPSA) is 24.1 Å². The summed E-state index contributed by atoms with van der Waals surface area (Å²) in [4.78, 5) is 0. The van der Waals surface area contributed by atoms with Crippen LogP contribution in [0, 0.1) is 0 Å². The van der Waals surface area contributed by atoms with Crippen LogP contribution in [0.25, 0.3) is 0 Å². The van der Waals surface area contributed by atoms with Crippen LogP contribution in [0.3, 0.4) is 0 Å². The van der Waals surface area contributed by atoms with Crippen LogP contribution in [0.15, 0.2) is 30.3 Å². The molecular weight excluding hydrogens is 243 g/mol. The van der Waals surface area contributed by atoms with E-state index in [1.165, 1.54) is 5.56 Å². The van der Waals surface area contributed by atoms with Crippen molar-refractivity contribution >= 4 is 24.8 Å². The number of rotatable bonds is 1. The molecular formula is C12H20Cl2N2. The van der Waals surface area contributed by atoms with E-state index in [1.807, 2.05) is 0 Å². The number of benzene rings is 1. The molecule has 1 saturated heterocycles. The second-order valence-corrected chi connectivity index (χ2v) is 4.45. The second-order valence-electron chi connectivity index (χ2n) is 4.45. The zero-order valence-electron chi connectivity index (χ0n) is 9.69. The van der Waals surface area contributed by atoms with Crippen LogP contribution in [-0.2, 0) is 0 Å². The monoisotopic (exact) mass is 262 g/mol. The molecule has 0 radical (unpaired) electrons. The van der Waals surface area contributed by atoms with E-state index in [1.54, 1.807) is 0 Å². The van der Waals surface area contributed by atoms with Crippen LogP contribution in [-0.4, -0.2) is 18.6 Å². The Kier molecular flexibility index (Phi) is 6.34. The van der Waals surface area contributed by atoms with Crippen molar-refractivity contribution in [1.82, 2.24) is 10.6 Å². The van der Waals surface area contributed by atoms with Gasteiger partial charge in [-0.3, -0.25) is 0 Å². The van der Waals surface area contributed by atoms with Gasteiger partial charge >= 0.3 is 0 Å². The Balaban J connectivity index is 0.00000112. The van der Waals surface area contributed by atoms with Gasteiger partial charge in [-0.2, -0.15) is 0 Å². The van der Waals surface area contributed by atoms with Crippen molar-refractivity contribution < 1.29 is 0 Å². The van der Waals surface area contributed by atoms with Crippen molar-refractivity contribution in [3.63, 3.8) is 0 Å². The van der Waals surface area contributed by atoms with E-state index in [4.69, 9.17) is 0 Å². The lowest BCUT2D eigenvalue weighted by molar-refractivity contribution is 0.239. The maximum Gasteiger partial charge on any atom is 0.0500 e. The number of hydrogen-bond acceptors (Lipinski definition) is 2. The van der Waals surface area contributed by atoms with Crippen molar-refractivity contribution in [2.75, 3.05) is 13.1 Å². The quantitative estimate of drug-likeness (QED) is 0.813. The lowest BCUT2D eigenvalue weighted by Gasteiger charge is -2.40. The normalized spacial score (nSPS) is 22.8. The maximum atomic E-state index is 3.56. The summed E-state index contributed by atoms with van der Waals surface area (Å²) in [6.45, 7) is 6.59. The Morgan fingerprint density at radius 3 is 2.25 bits per heavy atom. The van der Waals surface area contributed by atoms with E-state index in [0.29, 0.717) is 6.04 Å². The molecule has 1 unspecified atom stereocenters. The third-order valence-corrected chi connectivity index (χ3v) is 2.91. The van der Waals surface area contributed by atoms with Crippen LogP contribution >= 0.6 is 24.8 Å². The summed E-state index contributed by atoms with van der Waals surface area (Å²) in [7, 11) is 0. The van der Waals surface area contributed by atoms with E-state index in [2.05, 4.69) is 54.8 Å². The standard InChI is InChI=1S/C12H18N2.2ClH/c1-12(2)11(13-8-9-14-12)10-6-4-3-5-7-10;;/h3-7,11,13-14H,8-9H2,1-2H3;2*1H. The number of nitrogens with one attached hydrogen (secondary N) is 2. The second kappa shape index (κ2) is 6.45. The first-order valence-corrected chi connectivity index (χ1v) is 5.23. The summed E-state index contributed by atoms with van der Waals surface area (Å²) in [6.07, 6.45) is 0. The van der Waals surface area contributed by atoms with Gasteiger partial charge in [0, 0.05) is 24.7 Å². The molecule has 16 heavy (non-hydrogen) atoms. The minimum absolute atomic E-state index is 0. The Morgan fingerprint density at radius 2 is 1.69 bits per heavy atom. The van der Waals surface area contributed by atoms with Crippen LogP contribution < -0.4 is 10.6 Å². The summed E-state index contributed by atoms with van der Waals surface area (Å²) in [5, 5.41) is 7.11. The Bertz CT molecular complexity index is 301. The summed E-state index contributed by atoms with van der Waals surface area (Å²) >= 11 is 0. The average molecular weight is 263 g/mol. The van der Waals surface area contributed by atoms with Crippen LogP contribution in [0.4, 0.5) is 0 Å². The molecule has 1 aromatic rings. The molecule has 0 amide bonds. The molecule has 0 spiro atoms. The largest absolute Gasteiger partial charge is 0.309 e.